The molecule has 1 aliphatic rings. The van der Waals surface area contributed by atoms with Crippen LogP contribution in [0, 0.1) is 13.8 Å². The van der Waals surface area contributed by atoms with Gasteiger partial charge in [-0.1, -0.05) is 30.3 Å². The fraction of sp³-hybridized carbons (Fsp3) is 0.175. The zero-order chi connectivity index (χ0) is 34.2. The molecule has 4 aromatic carbocycles. The lowest BCUT2D eigenvalue weighted by Gasteiger charge is -2.29. The quantitative estimate of drug-likeness (QED) is 0.193. The predicted molar refractivity (Wildman–Crippen MR) is 193 cm³/mol. The van der Waals surface area contributed by atoms with Crippen molar-refractivity contribution in [2.24, 2.45) is 0 Å². The highest BCUT2D eigenvalue weighted by Gasteiger charge is 2.20. The summed E-state index contributed by atoms with van der Waals surface area (Å²) >= 11 is 0. The summed E-state index contributed by atoms with van der Waals surface area (Å²) in [5.41, 5.74) is 9.22. The lowest BCUT2D eigenvalue weighted by atomic mass is 9.98. The molecular weight excluding hydrogens is 626 g/mol. The van der Waals surface area contributed by atoms with Gasteiger partial charge in [0.2, 0.25) is 5.82 Å². The van der Waals surface area contributed by atoms with Crippen molar-refractivity contribution in [2.75, 3.05) is 18.4 Å². The molecule has 0 aliphatic carbocycles. The molecule has 3 aromatic heterocycles. The van der Waals surface area contributed by atoms with Crippen LogP contribution in [0.4, 0.5) is 5.69 Å². The number of nitrogens with zero attached hydrogens (tertiary/aromatic N) is 6. The Balaban J connectivity index is 0.946. The van der Waals surface area contributed by atoms with E-state index in [-0.39, 0.29) is 11.2 Å². The van der Waals surface area contributed by atoms with Crippen LogP contribution in [0.2, 0.25) is 0 Å². The third-order valence-electron chi connectivity index (χ3n) is 9.46. The highest BCUT2D eigenvalue weighted by Crippen LogP contribution is 2.30. The molecule has 0 unspecified atom stereocenters. The number of nitrogens with one attached hydrogen (secondary N) is 1. The second kappa shape index (κ2) is 13.1. The average Bonchev–Trinajstić information content (AvgIpc) is 3.86. The van der Waals surface area contributed by atoms with Crippen molar-refractivity contribution in [3.63, 3.8) is 0 Å². The molecule has 4 heterocycles. The van der Waals surface area contributed by atoms with Crippen LogP contribution >= 0.6 is 0 Å². The summed E-state index contributed by atoms with van der Waals surface area (Å²) in [7, 11) is 0. The maximum Gasteiger partial charge on any atom is 0.291 e. The van der Waals surface area contributed by atoms with Crippen molar-refractivity contribution < 1.29 is 9.21 Å². The third-order valence-corrected chi connectivity index (χ3v) is 9.46. The Morgan fingerprint density at radius 1 is 0.860 bits per heavy atom. The maximum absolute atomic E-state index is 13.3. The number of para-hydroxylation sites is 1. The van der Waals surface area contributed by atoms with Gasteiger partial charge in [-0.15, -0.1) is 15.0 Å². The van der Waals surface area contributed by atoms with E-state index in [9.17, 15) is 9.59 Å². The van der Waals surface area contributed by atoms with E-state index in [0.29, 0.717) is 28.0 Å². The van der Waals surface area contributed by atoms with Crippen molar-refractivity contribution in [1.82, 2.24) is 29.7 Å². The highest BCUT2D eigenvalue weighted by molar-refractivity contribution is 6.05. The molecule has 8 rings (SSSR count). The SMILES string of the molecule is Cc1cc(NC(=O)c2cc(=O)c3ccccc3o2)c(-c2nnn(-c3ccc(CCN4CCc5cc(-n6cccc6)ccc5C4)cc3)n2)cc1C. The highest BCUT2D eigenvalue weighted by atomic mass is 16.3. The number of fused-ring (bicyclic) bond motifs is 2. The summed E-state index contributed by atoms with van der Waals surface area (Å²) in [4.78, 5) is 29.9. The Morgan fingerprint density at radius 2 is 1.64 bits per heavy atom. The standard InChI is InChI=1S/C40H35N7O3/c1-26-21-34(35(22-27(26)2)41-40(49)38-24-36(48)33-7-3-4-8-37(33)50-38)39-42-44-47(43-39)31-12-9-28(10-13-31)15-19-45-20-16-29-23-32(14-11-30(29)25-45)46-17-5-6-18-46/h3-14,17-18,21-24H,15-16,19-20,25H2,1-2H3,(H,41,49). The van der Waals surface area contributed by atoms with E-state index in [0.717, 1.165) is 49.3 Å². The topological polar surface area (TPSA) is 111 Å². The van der Waals surface area contributed by atoms with Crippen LogP contribution in [0.1, 0.15) is 38.4 Å². The molecule has 0 spiro atoms. The molecule has 10 nitrogen and oxygen atoms in total. The van der Waals surface area contributed by atoms with E-state index >= 15 is 0 Å². The van der Waals surface area contributed by atoms with Crippen molar-refractivity contribution in [2.45, 2.75) is 33.2 Å². The Bertz CT molecular complexity index is 2410. The molecule has 248 valence electrons. The van der Waals surface area contributed by atoms with Gasteiger partial charge >= 0.3 is 0 Å². The van der Waals surface area contributed by atoms with Crippen molar-refractivity contribution in [3.05, 3.63) is 153 Å². The van der Waals surface area contributed by atoms with Crippen LogP contribution < -0.4 is 10.7 Å². The minimum Gasteiger partial charge on any atom is -0.451 e. The lowest BCUT2D eigenvalue weighted by molar-refractivity contribution is 0.0997. The number of tetrazole rings is 1. The van der Waals surface area contributed by atoms with E-state index in [2.05, 4.69) is 85.1 Å². The molecule has 0 saturated heterocycles. The Kier molecular flexibility index (Phi) is 8.14. The maximum atomic E-state index is 13.3. The van der Waals surface area contributed by atoms with E-state index in [4.69, 9.17) is 4.42 Å². The van der Waals surface area contributed by atoms with Gasteiger partial charge in [0.15, 0.2) is 11.2 Å². The summed E-state index contributed by atoms with van der Waals surface area (Å²) in [6.07, 6.45) is 6.16. The lowest BCUT2D eigenvalue weighted by Crippen LogP contribution is -2.32. The first-order chi connectivity index (χ1) is 24.4. The van der Waals surface area contributed by atoms with Crippen LogP contribution in [-0.2, 0) is 19.4 Å². The van der Waals surface area contributed by atoms with E-state index in [1.54, 1.807) is 24.3 Å². The predicted octanol–water partition coefficient (Wildman–Crippen LogP) is 6.70. The van der Waals surface area contributed by atoms with Gasteiger partial charge in [-0.3, -0.25) is 14.5 Å². The fourth-order valence-electron chi connectivity index (χ4n) is 6.48. The number of aryl methyl sites for hydroxylation is 2. The molecule has 1 N–H and O–H groups in total. The summed E-state index contributed by atoms with van der Waals surface area (Å²) in [6.45, 7) is 6.93. The zero-order valence-corrected chi connectivity index (χ0v) is 27.8. The molecule has 0 radical (unpaired) electrons. The van der Waals surface area contributed by atoms with Crippen molar-refractivity contribution >= 4 is 22.6 Å². The van der Waals surface area contributed by atoms with Crippen LogP contribution in [0.5, 0.6) is 0 Å². The van der Waals surface area contributed by atoms with Gasteiger partial charge in [-0.2, -0.15) is 0 Å². The number of benzene rings is 4. The molecule has 1 amide bonds. The normalized spacial score (nSPS) is 13.0. The van der Waals surface area contributed by atoms with Crippen LogP contribution in [0.3, 0.4) is 0 Å². The number of carbonyl (C=O) groups excluding carboxylic acids is 1. The Labute approximate surface area is 288 Å². The molecular formula is C40H35N7O3. The van der Waals surface area contributed by atoms with Gasteiger partial charge in [0, 0.05) is 49.3 Å². The minimum atomic E-state index is -0.545. The average molecular weight is 662 g/mol. The van der Waals surface area contributed by atoms with Crippen LogP contribution in [0.25, 0.3) is 33.7 Å². The van der Waals surface area contributed by atoms with Crippen molar-refractivity contribution in [3.8, 4) is 22.8 Å². The molecule has 0 atom stereocenters. The monoisotopic (exact) mass is 661 g/mol. The molecule has 0 saturated carbocycles. The summed E-state index contributed by atoms with van der Waals surface area (Å²) < 4.78 is 7.92. The number of aromatic nitrogens is 5. The first kappa shape index (κ1) is 31.2. The third kappa shape index (κ3) is 6.24. The molecule has 7 aromatic rings. The first-order valence-electron chi connectivity index (χ1n) is 16.7. The van der Waals surface area contributed by atoms with Gasteiger partial charge < -0.3 is 14.3 Å². The largest absolute Gasteiger partial charge is 0.451 e. The van der Waals surface area contributed by atoms with Crippen LogP contribution in [-0.4, -0.2) is 48.7 Å². The molecule has 50 heavy (non-hydrogen) atoms. The van der Waals surface area contributed by atoms with E-state index in [1.165, 1.54) is 33.2 Å². The number of carbonyl (C=O) groups is 1. The van der Waals surface area contributed by atoms with E-state index < -0.39 is 5.91 Å². The molecule has 0 fully saturated rings. The number of rotatable bonds is 8. The van der Waals surface area contributed by atoms with Gasteiger partial charge in [0.05, 0.1) is 16.8 Å². The second-order valence-electron chi connectivity index (χ2n) is 12.8. The van der Waals surface area contributed by atoms with Gasteiger partial charge in [-0.05, 0) is 120 Å². The molecule has 1 aliphatic heterocycles. The van der Waals surface area contributed by atoms with Crippen LogP contribution in [0.15, 0.2) is 119 Å². The van der Waals surface area contributed by atoms with Gasteiger partial charge in [0.25, 0.3) is 5.91 Å². The van der Waals surface area contributed by atoms with Gasteiger partial charge in [0.1, 0.15) is 5.58 Å². The number of anilines is 1. The smallest absolute Gasteiger partial charge is 0.291 e. The number of hydrogen-bond donors (Lipinski definition) is 1. The van der Waals surface area contributed by atoms with Crippen molar-refractivity contribution in [1.29, 1.82) is 0 Å². The Hall–Kier alpha value is -6.13. The summed E-state index contributed by atoms with van der Waals surface area (Å²) in [5, 5.41) is 16.7. The number of hydrogen-bond acceptors (Lipinski definition) is 7. The van der Waals surface area contributed by atoms with Gasteiger partial charge in [-0.25, -0.2) is 0 Å². The second-order valence-corrected chi connectivity index (χ2v) is 12.8. The first-order valence-corrected chi connectivity index (χ1v) is 16.7. The zero-order valence-electron chi connectivity index (χ0n) is 27.8. The Morgan fingerprint density at radius 3 is 2.48 bits per heavy atom. The molecule has 0 bridgehead atoms. The summed E-state index contributed by atoms with van der Waals surface area (Å²) in [5.74, 6) is -0.267. The van der Waals surface area contributed by atoms with E-state index in [1.807, 2.05) is 38.1 Å². The number of amides is 1. The minimum absolute atomic E-state index is 0.0816. The fourth-order valence-corrected chi connectivity index (χ4v) is 6.48. The summed E-state index contributed by atoms with van der Waals surface area (Å²) in [6, 6.07) is 31.0. The molecule has 10 heteroatoms.